The van der Waals surface area contributed by atoms with Gasteiger partial charge in [-0.3, -0.25) is 9.36 Å². The molecule has 0 aliphatic rings. The molecule has 0 unspecified atom stereocenters. The first-order chi connectivity index (χ1) is 13.1. The molecular formula is C20H22N4OS2. The van der Waals surface area contributed by atoms with Gasteiger partial charge in [-0.2, -0.15) is 0 Å². The number of amides is 1. The van der Waals surface area contributed by atoms with Crippen LogP contribution < -0.4 is 4.90 Å². The van der Waals surface area contributed by atoms with Crippen LogP contribution in [0.25, 0.3) is 10.7 Å². The summed E-state index contributed by atoms with van der Waals surface area (Å²) in [7, 11) is 0. The second-order valence-electron chi connectivity index (χ2n) is 6.16. The predicted molar refractivity (Wildman–Crippen MR) is 113 cm³/mol. The average Bonchev–Trinajstić information content (AvgIpc) is 3.31. The van der Waals surface area contributed by atoms with Gasteiger partial charge in [-0.25, -0.2) is 0 Å². The summed E-state index contributed by atoms with van der Waals surface area (Å²) in [5.41, 5.74) is 0.907. The first kappa shape index (κ1) is 19.4. The minimum atomic E-state index is 0.0482. The number of anilines is 1. The van der Waals surface area contributed by atoms with Gasteiger partial charge in [0.25, 0.3) is 0 Å². The number of carbonyl (C=O) groups excluding carboxylic acids is 1. The fourth-order valence-corrected chi connectivity index (χ4v) is 4.32. The highest BCUT2D eigenvalue weighted by atomic mass is 32.2. The number of nitrogens with zero attached hydrogens (tertiary/aromatic N) is 4. The van der Waals surface area contributed by atoms with Gasteiger partial charge in [-0.1, -0.05) is 42.1 Å². The molecule has 3 aromatic rings. The molecule has 140 valence electrons. The number of aromatic nitrogens is 3. The quantitative estimate of drug-likeness (QED) is 0.407. The Balaban J connectivity index is 1.77. The van der Waals surface area contributed by atoms with Crippen molar-refractivity contribution in [1.29, 1.82) is 0 Å². The molecule has 0 atom stereocenters. The van der Waals surface area contributed by atoms with Crippen LogP contribution in [-0.2, 0) is 11.3 Å². The fourth-order valence-electron chi connectivity index (χ4n) is 2.79. The highest BCUT2D eigenvalue weighted by molar-refractivity contribution is 7.99. The number of thioether (sulfide) groups is 1. The van der Waals surface area contributed by atoms with Gasteiger partial charge in [0.2, 0.25) is 5.91 Å². The fraction of sp³-hybridized carbons (Fsp3) is 0.250. The second kappa shape index (κ2) is 9.01. The van der Waals surface area contributed by atoms with Crippen molar-refractivity contribution in [2.75, 3.05) is 10.7 Å². The zero-order chi connectivity index (χ0) is 19.2. The monoisotopic (exact) mass is 398 g/mol. The highest BCUT2D eigenvalue weighted by Crippen LogP contribution is 2.28. The van der Waals surface area contributed by atoms with Gasteiger partial charge in [0.05, 0.1) is 10.6 Å². The number of allylic oxidation sites excluding steroid dienone is 1. The van der Waals surface area contributed by atoms with Crippen molar-refractivity contribution < 1.29 is 4.79 Å². The molecule has 0 aliphatic carbocycles. The molecule has 5 nitrogen and oxygen atoms in total. The number of benzene rings is 1. The molecule has 0 fully saturated rings. The Labute approximate surface area is 167 Å². The zero-order valence-corrected chi connectivity index (χ0v) is 17.0. The van der Waals surface area contributed by atoms with Crippen LogP contribution in [0, 0.1) is 0 Å². The molecule has 0 bridgehead atoms. The smallest absolute Gasteiger partial charge is 0.237 e. The van der Waals surface area contributed by atoms with Gasteiger partial charge < -0.3 is 4.90 Å². The number of carbonyl (C=O) groups is 1. The molecule has 1 amide bonds. The molecule has 7 heteroatoms. The summed E-state index contributed by atoms with van der Waals surface area (Å²) < 4.78 is 2.00. The number of thiophene rings is 1. The zero-order valence-electron chi connectivity index (χ0n) is 15.4. The molecule has 0 saturated carbocycles. The summed E-state index contributed by atoms with van der Waals surface area (Å²) in [6, 6.07) is 13.8. The van der Waals surface area contributed by atoms with Crippen LogP contribution in [0.4, 0.5) is 5.69 Å². The molecule has 3 rings (SSSR count). The molecule has 1 aromatic carbocycles. The minimum absolute atomic E-state index is 0.0482. The number of hydrogen-bond acceptors (Lipinski definition) is 5. The van der Waals surface area contributed by atoms with Gasteiger partial charge in [-0.15, -0.1) is 28.1 Å². The molecule has 0 spiro atoms. The number of rotatable bonds is 8. The maximum absolute atomic E-state index is 12.9. The van der Waals surface area contributed by atoms with Crippen molar-refractivity contribution in [3.05, 3.63) is 60.5 Å². The van der Waals surface area contributed by atoms with Gasteiger partial charge in [-0.05, 0) is 37.4 Å². The molecule has 0 saturated heterocycles. The lowest BCUT2D eigenvalue weighted by Crippen LogP contribution is -2.38. The van der Waals surface area contributed by atoms with E-state index in [9.17, 15) is 4.79 Å². The Hall–Kier alpha value is -2.38. The Morgan fingerprint density at radius 2 is 2.04 bits per heavy atom. The van der Waals surface area contributed by atoms with Crippen molar-refractivity contribution >= 4 is 34.7 Å². The van der Waals surface area contributed by atoms with E-state index in [1.165, 1.54) is 11.8 Å². The lowest BCUT2D eigenvalue weighted by molar-refractivity contribution is -0.116. The maximum atomic E-state index is 12.9. The van der Waals surface area contributed by atoms with Crippen LogP contribution in [-0.4, -0.2) is 32.5 Å². The van der Waals surface area contributed by atoms with E-state index in [1.54, 1.807) is 11.3 Å². The lowest BCUT2D eigenvalue weighted by atomic mass is 10.2. The summed E-state index contributed by atoms with van der Waals surface area (Å²) in [6.07, 6.45) is 1.82. The van der Waals surface area contributed by atoms with Crippen molar-refractivity contribution in [3.63, 3.8) is 0 Å². The summed E-state index contributed by atoms with van der Waals surface area (Å²) in [5.74, 6) is 1.16. The van der Waals surface area contributed by atoms with E-state index in [1.807, 2.05) is 77.2 Å². The molecule has 0 N–H and O–H groups in total. The van der Waals surface area contributed by atoms with Crippen molar-refractivity contribution in [2.45, 2.75) is 31.6 Å². The summed E-state index contributed by atoms with van der Waals surface area (Å²) in [4.78, 5) is 15.8. The Morgan fingerprint density at radius 1 is 1.26 bits per heavy atom. The molecule has 27 heavy (non-hydrogen) atoms. The molecule has 2 heterocycles. The topological polar surface area (TPSA) is 51.0 Å². The van der Waals surface area contributed by atoms with Crippen molar-refractivity contribution in [3.8, 4) is 10.7 Å². The lowest BCUT2D eigenvalue weighted by Gasteiger charge is -2.26. The summed E-state index contributed by atoms with van der Waals surface area (Å²) in [5, 5.41) is 11.4. The third-order valence-corrected chi connectivity index (χ3v) is 5.73. The molecule has 0 aliphatic heterocycles. The Bertz CT molecular complexity index is 888. The van der Waals surface area contributed by atoms with Gasteiger partial charge in [0.1, 0.15) is 0 Å². The third kappa shape index (κ3) is 4.48. The number of hydrogen-bond donors (Lipinski definition) is 0. The van der Waals surface area contributed by atoms with Crippen LogP contribution >= 0.6 is 23.1 Å². The summed E-state index contributed by atoms with van der Waals surface area (Å²) in [6.45, 7) is 8.47. The van der Waals surface area contributed by atoms with E-state index in [2.05, 4.69) is 16.8 Å². The Morgan fingerprint density at radius 3 is 2.67 bits per heavy atom. The van der Waals surface area contributed by atoms with E-state index >= 15 is 0 Å². The third-order valence-electron chi connectivity index (χ3n) is 3.91. The normalized spacial score (nSPS) is 10.9. The van der Waals surface area contributed by atoms with Crippen LogP contribution in [0.3, 0.4) is 0 Å². The summed E-state index contributed by atoms with van der Waals surface area (Å²) >= 11 is 3.03. The minimum Gasteiger partial charge on any atom is -0.309 e. The highest BCUT2D eigenvalue weighted by Gasteiger charge is 2.21. The van der Waals surface area contributed by atoms with Gasteiger partial charge >= 0.3 is 0 Å². The van der Waals surface area contributed by atoms with Crippen LogP contribution in [0.2, 0.25) is 0 Å². The van der Waals surface area contributed by atoms with Crippen LogP contribution in [0.5, 0.6) is 0 Å². The standard InChI is InChI=1S/C20H22N4OS2/c1-4-12-23-19(17-11-8-13-26-17)21-22-20(23)27-14-18(25)24(15(2)3)16-9-6-5-7-10-16/h4-11,13,15H,1,12,14H2,2-3H3. The van der Waals surface area contributed by atoms with Crippen LogP contribution in [0.15, 0.2) is 65.7 Å². The largest absolute Gasteiger partial charge is 0.309 e. The first-order valence-corrected chi connectivity index (χ1v) is 10.6. The van der Waals surface area contributed by atoms with E-state index < -0.39 is 0 Å². The van der Waals surface area contributed by atoms with Crippen molar-refractivity contribution in [2.24, 2.45) is 0 Å². The van der Waals surface area contributed by atoms with E-state index in [-0.39, 0.29) is 11.9 Å². The molecule has 2 aromatic heterocycles. The SMILES string of the molecule is C=CCn1c(SCC(=O)N(c2ccccc2)C(C)C)nnc1-c1cccs1. The van der Waals surface area contributed by atoms with E-state index in [0.29, 0.717) is 12.3 Å². The number of para-hydroxylation sites is 1. The molecule has 0 radical (unpaired) electrons. The van der Waals surface area contributed by atoms with E-state index in [0.717, 1.165) is 21.5 Å². The second-order valence-corrected chi connectivity index (χ2v) is 8.05. The first-order valence-electron chi connectivity index (χ1n) is 8.69. The van der Waals surface area contributed by atoms with Gasteiger partial charge in [0, 0.05) is 18.3 Å². The predicted octanol–water partition coefficient (Wildman–Crippen LogP) is 4.73. The molecular weight excluding hydrogens is 376 g/mol. The Kier molecular flexibility index (Phi) is 6.47. The maximum Gasteiger partial charge on any atom is 0.237 e. The van der Waals surface area contributed by atoms with Crippen molar-refractivity contribution in [1.82, 2.24) is 14.8 Å². The van der Waals surface area contributed by atoms with E-state index in [4.69, 9.17) is 0 Å². The average molecular weight is 399 g/mol. The van der Waals surface area contributed by atoms with Crippen LogP contribution in [0.1, 0.15) is 13.8 Å². The van der Waals surface area contributed by atoms with Gasteiger partial charge in [0.15, 0.2) is 11.0 Å².